The van der Waals surface area contributed by atoms with E-state index in [2.05, 4.69) is 13.8 Å². The van der Waals surface area contributed by atoms with Crippen LogP contribution in [0.2, 0.25) is 0 Å². The van der Waals surface area contributed by atoms with Gasteiger partial charge in [-0.2, -0.15) is 0 Å². The summed E-state index contributed by atoms with van der Waals surface area (Å²) in [6.07, 6.45) is 8.80. The number of carbonyl (C=O) groups is 4. The normalized spacial score (nSPS) is 37.4. The second-order valence-corrected chi connectivity index (χ2v) is 12.3. The maximum atomic E-state index is 13.8. The van der Waals surface area contributed by atoms with Crippen molar-refractivity contribution in [2.45, 2.75) is 90.6 Å². The maximum absolute atomic E-state index is 13.8. The molecule has 0 unspecified atom stereocenters. The first-order valence-electron chi connectivity index (χ1n) is 13.8. The molecule has 4 rings (SSSR count). The molecule has 0 spiro atoms. The van der Waals surface area contributed by atoms with Gasteiger partial charge in [-0.3, -0.25) is 19.2 Å². The molecule has 0 radical (unpaired) electrons. The molecule has 3 fully saturated rings. The maximum Gasteiger partial charge on any atom is 0.307 e. The molecule has 4 aliphatic rings. The second kappa shape index (κ2) is 10.0. The number of ketones is 2. The highest BCUT2D eigenvalue weighted by atomic mass is 16.6. The van der Waals surface area contributed by atoms with Crippen LogP contribution in [-0.2, 0) is 28.7 Å². The minimum atomic E-state index is -1.25. The lowest BCUT2D eigenvalue weighted by molar-refractivity contribution is -0.192. The largest absolute Gasteiger partial charge is 0.457 e. The van der Waals surface area contributed by atoms with Gasteiger partial charge < -0.3 is 14.4 Å². The van der Waals surface area contributed by atoms with Gasteiger partial charge in [-0.15, -0.1) is 0 Å². The topological polar surface area (TPSA) is 90.0 Å². The fraction of sp³-hybridized carbons (Fsp3) is 0.793. The molecule has 0 saturated heterocycles. The number of rotatable bonds is 8. The van der Waals surface area contributed by atoms with Gasteiger partial charge in [0.2, 0.25) is 5.78 Å². The monoisotopic (exact) mass is 501 g/mol. The van der Waals surface area contributed by atoms with E-state index in [-0.39, 0.29) is 48.3 Å². The van der Waals surface area contributed by atoms with Crippen molar-refractivity contribution in [3.8, 4) is 0 Å². The van der Waals surface area contributed by atoms with Gasteiger partial charge in [0.05, 0.1) is 6.42 Å². The summed E-state index contributed by atoms with van der Waals surface area (Å²) in [6, 6.07) is 0. The van der Waals surface area contributed by atoms with Crippen LogP contribution in [0.25, 0.3) is 0 Å². The molecule has 36 heavy (non-hydrogen) atoms. The molecule has 3 saturated carbocycles. The Labute approximate surface area is 215 Å². The van der Waals surface area contributed by atoms with Crippen LogP contribution in [0.5, 0.6) is 0 Å². The van der Waals surface area contributed by atoms with Gasteiger partial charge >= 0.3 is 11.9 Å². The fourth-order valence-electron chi connectivity index (χ4n) is 8.16. The lowest BCUT2D eigenvalue weighted by Gasteiger charge is -2.59. The van der Waals surface area contributed by atoms with E-state index in [9.17, 15) is 19.2 Å². The highest BCUT2D eigenvalue weighted by Crippen LogP contribution is 2.68. The second-order valence-electron chi connectivity index (χ2n) is 12.3. The van der Waals surface area contributed by atoms with Gasteiger partial charge in [0.25, 0.3) is 0 Å². The summed E-state index contributed by atoms with van der Waals surface area (Å²) in [5.41, 5.74) is -0.396. The minimum absolute atomic E-state index is 0.0372. The number of ether oxygens (including phenoxy) is 2. The van der Waals surface area contributed by atoms with Crippen LogP contribution in [-0.4, -0.2) is 61.3 Å². The smallest absolute Gasteiger partial charge is 0.307 e. The lowest BCUT2D eigenvalue weighted by atomic mass is 9.46. The van der Waals surface area contributed by atoms with Crippen molar-refractivity contribution in [2.24, 2.45) is 28.6 Å². The third-order valence-corrected chi connectivity index (χ3v) is 10.2. The summed E-state index contributed by atoms with van der Waals surface area (Å²) >= 11 is 0. The van der Waals surface area contributed by atoms with Gasteiger partial charge in [-0.05, 0) is 88.3 Å². The Morgan fingerprint density at radius 3 is 2.42 bits per heavy atom. The van der Waals surface area contributed by atoms with E-state index >= 15 is 0 Å². The minimum Gasteiger partial charge on any atom is -0.457 e. The van der Waals surface area contributed by atoms with E-state index in [1.54, 1.807) is 6.92 Å². The highest BCUT2D eigenvalue weighted by molar-refractivity contribution is 5.93. The van der Waals surface area contributed by atoms with Crippen LogP contribution in [0.4, 0.5) is 0 Å². The van der Waals surface area contributed by atoms with Crippen molar-refractivity contribution in [2.75, 3.05) is 27.2 Å². The molecular formula is C29H43NO6. The highest BCUT2D eigenvalue weighted by Gasteiger charge is 2.68. The van der Waals surface area contributed by atoms with Gasteiger partial charge in [0, 0.05) is 24.8 Å². The number of hydrogen-bond donors (Lipinski definition) is 0. The molecule has 0 amide bonds. The number of allylic oxidation sites excluding steroid dienone is 1. The molecule has 7 heteroatoms. The van der Waals surface area contributed by atoms with Crippen molar-refractivity contribution < 1.29 is 28.7 Å². The standard InChI is InChI=1S/C29H43NO6/c1-6-25(33)36-29(24(32)18-35-26(34)12-16-30(4)5)15-11-23-21-8-7-19-17-20(31)9-13-27(19,2)22(21)10-14-28(23,29)3/h17,21-23H,6-16,18H2,1-5H3/t21-,22+,23+,27+,28+,29+/m1/s1. The zero-order chi connectivity index (χ0) is 26.3. The number of Topliss-reactive ketones (excluding diaryl/α,β-unsaturated/α-hetero) is 1. The third-order valence-electron chi connectivity index (χ3n) is 10.2. The molecule has 200 valence electrons. The SMILES string of the molecule is CCC(=O)O[C@]1(C(=O)COC(=O)CCN(C)C)CC[C@H]2[C@@H]3CCC4=CC(=O)CC[C@]4(C)[C@H]3CC[C@@]21C. The quantitative estimate of drug-likeness (QED) is 0.459. The van der Waals surface area contributed by atoms with Crippen LogP contribution >= 0.6 is 0 Å². The van der Waals surface area contributed by atoms with Gasteiger partial charge in [0.1, 0.15) is 0 Å². The Kier molecular flexibility index (Phi) is 7.53. The zero-order valence-corrected chi connectivity index (χ0v) is 22.7. The van der Waals surface area contributed by atoms with E-state index < -0.39 is 17.0 Å². The summed E-state index contributed by atoms with van der Waals surface area (Å²) < 4.78 is 11.5. The Morgan fingerprint density at radius 2 is 1.72 bits per heavy atom. The van der Waals surface area contributed by atoms with Gasteiger partial charge in [-0.1, -0.05) is 26.3 Å². The molecule has 0 bridgehead atoms. The Bertz CT molecular complexity index is 955. The molecule has 0 aromatic heterocycles. The summed E-state index contributed by atoms with van der Waals surface area (Å²) in [5, 5.41) is 0. The molecule has 6 atom stereocenters. The molecular weight excluding hydrogens is 458 g/mol. The van der Waals surface area contributed by atoms with E-state index in [1.165, 1.54) is 5.57 Å². The Balaban J connectivity index is 1.58. The summed E-state index contributed by atoms with van der Waals surface area (Å²) in [6.45, 7) is 6.41. The molecule has 7 nitrogen and oxygen atoms in total. The zero-order valence-electron chi connectivity index (χ0n) is 22.7. The van der Waals surface area contributed by atoms with E-state index in [0.29, 0.717) is 31.2 Å². The van der Waals surface area contributed by atoms with Crippen molar-refractivity contribution in [1.29, 1.82) is 0 Å². The molecule has 0 N–H and O–H groups in total. The molecule has 0 aromatic carbocycles. The van der Waals surface area contributed by atoms with Crippen LogP contribution in [0, 0.1) is 28.6 Å². The number of esters is 2. The lowest BCUT2D eigenvalue weighted by Crippen LogP contribution is -2.60. The predicted octanol–water partition coefficient (Wildman–Crippen LogP) is 4.27. The summed E-state index contributed by atoms with van der Waals surface area (Å²) in [7, 11) is 3.76. The first kappa shape index (κ1) is 27.0. The Morgan fingerprint density at radius 1 is 1.00 bits per heavy atom. The molecule has 0 aliphatic heterocycles. The molecule has 0 heterocycles. The van der Waals surface area contributed by atoms with Crippen molar-refractivity contribution in [3.63, 3.8) is 0 Å². The van der Waals surface area contributed by atoms with E-state index in [0.717, 1.165) is 38.5 Å². The van der Waals surface area contributed by atoms with Crippen LogP contribution in [0.15, 0.2) is 11.6 Å². The van der Waals surface area contributed by atoms with E-state index in [1.807, 2.05) is 25.1 Å². The third kappa shape index (κ3) is 4.46. The number of carbonyl (C=O) groups excluding carboxylic acids is 4. The molecule has 0 aromatic rings. The molecule has 4 aliphatic carbocycles. The first-order chi connectivity index (χ1) is 17.0. The number of nitrogens with zero attached hydrogens (tertiary/aromatic N) is 1. The van der Waals surface area contributed by atoms with Crippen molar-refractivity contribution in [3.05, 3.63) is 11.6 Å². The van der Waals surface area contributed by atoms with Crippen LogP contribution in [0.3, 0.4) is 0 Å². The Hall–Kier alpha value is -2.02. The van der Waals surface area contributed by atoms with E-state index in [4.69, 9.17) is 9.47 Å². The fourth-order valence-corrected chi connectivity index (χ4v) is 8.16. The summed E-state index contributed by atoms with van der Waals surface area (Å²) in [4.78, 5) is 52.7. The van der Waals surface area contributed by atoms with Gasteiger partial charge in [0.15, 0.2) is 18.0 Å². The van der Waals surface area contributed by atoms with Crippen LogP contribution in [0.1, 0.15) is 85.0 Å². The number of hydrogen-bond acceptors (Lipinski definition) is 7. The van der Waals surface area contributed by atoms with Crippen molar-refractivity contribution in [1.82, 2.24) is 4.90 Å². The summed E-state index contributed by atoms with van der Waals surface area (Å²) in [5.74, 6) is 0.333. The average Bonchev–Trinajstić information content (AvgIpc) is 3.14. The van der Waals surface area contributed by atoms with Gasteiger partial charge in [-0.25, -0.2) is 0 Å². The van der Waals surface area contributed by atoms with Crippen molar-refractivity contribution >= 4 is 23.5 Å². The van der Waals surface area contributed by atoms with Crippen LogP contribution < -0.4 is 0 Å². The predicted molar refractivity (Wildman–Crippen MR) is 135 cm³/mol. The average molecular weight is 502 g/mol. The first-order valence-corrected chi connectivity index (χ1v) is 13.8. The number of fused-ring (bicyclic) bond motifs is 5.